The number of nitrogens with one attached hydrogen (secondary N) is 3. The number of pyridine rings is 1. The molecule has 1 atom stereocenters. The van der Waals surface area contributed by atoms with Gasteiger partial charge >= 0.3 is 6.09 Å². The summed E-state index contributed by atoms with van der Waals surface area (Å²) >= 11 is 6.22. The van der Waals surface area contributed by atoms with Gasteiger partial charge in [0.25, 0.3) is 5.91 Å². The minimum Gasteiger partial charge on any atom is -0.467 e. The van der Waals surface area contributed by atoms with E-state index >= 15 is 0 Å². The predicted octanol–water partition coefficient (Wildman–Crippen LogP) is 6.06. The van der Waals surface area contributed by atoms with Crippen LogP contribution in [-0.2, 0) is 9.53 Å². The number of aromatic nitrogens is 1. The number of carbonyl (C=O) groups excluding carboxylic acids is 2. The summed E-state index contributed by atoms with van der Waals surface area (Å²) in [5.74, 6) is -0.135. The molecule has 3 amide bonds. The maximum absolute atomic E-state index is 13.1. The summed E-state index contributed by atoms with van der Waals surface area (Å²) in [6, 6.07) is 18.0. The number of nitriles is 1. The second-order valence-electron chi connectivity index (χ2n) is 9.63. The zero-order valence-electron chi connectivity index (χ0n) is 23.9. The average Bonchev–Trinajstić information content (AvgIpc) is 3.41. The van der Waals surface area contributed by atoms with Crippen LogP contribution in [0.1, 0.15) is 35.2 Å². The molecule has 0 radical (unpaired) electrons. The van der Waals surface area contributed by atoms with Gasteiger partial charge < -0.3 is 34.9 Å². The van der Waals surface area contributed by atoms with Gasteiger partial charge in [-0.15, -0.1) is 0 Å². The summed E-state index contributed by atoms with van der Waals surface area (Å²) < 4.78 is 16.2. The van der Waals surface area contributed by atoms with Gasteiger partial charge in [0.05, 0.1) is 5.69 Å². The van der Waals surface area contributed by atoms with Crippen LogP contribution in [0.25, 0.3) is 22.4 Å². The van der Waals surface area contributed by atoms with Gasteiger partial charge in [-0.05, 0) is 67.9 Å². The maximum Gasteiger partial charge on any atom is 0.404 e. The van der Waals surface area contributed by atoms with Crippen LogP contribution >= 0.6 is 11.6 Å². The molecule has 13 heteroatoms. The number of hydrogen-bond acceptors (Lipinski definition) is 8. The van der Waals surface area contributed by atoms with Gasteiger partial charge in [0.2, 0.25) is 5.91 Å². The monoisotopic (exact) mass is 617 g/mol. The Morgan fingerprint density at radius 3 is 2.57 bits per heavy atom. The van der Waals surface area contributed by atoms with Crippen molar-refractivity contribution in [2.24, 2.45) is 0 Å². The van der Waals surface area contributed by atoms with Gasteiger partial charge in [-0.3, -0.25) is 9.59 Å². The number of anilines is 2. The van der Waals surface area contributed by atoms with E-state index in [1.165, 1.54) is 13.2 Å². The minimum atomic E-state index is -1.23. The van der Waals surface area contributed by atoms with Gasteiger partial charge in [0.15, 0.2) is 18.4 Å². The molecular formula is C31H28ClN5O7. The van der Waals surface area contributed by atoms with Crippen LogP contribution in [0, 0.1) is 18.3 Å². The van der Waals surface area contributed by atoms with Crippen LogP contribution in [0.5, 0.6) is 5.75 Å². The first-order valence-electron chi connectivity index (χ1n) is 13.2. The van der Waals surface area contributed by atoms with Crippen molar-refractivity contribution in [2.45, 2.75) is 26.3 Å². The molecule has 2 aromatic carbocycles. The van der Waals surface area contributed by atoms with E-state index in [1.54, 1.807) is 68.4 Å². The highest BCUT2D eigenvalue weighted by atomic mass is 35.5. The summed E-state index contributed by atoms with van der Waals surface area (Å²) in [5, 5.41) is 27.2. The molecule has 4 aromatic rings. The highest BCUT2D eigenvalue weighted by Gasteiger charge is 2.21. The van der Waals surface area contributed by atoms with Crippen LogP contribution in [-0.4, -0.2) is 47.9 Å². The minimum absolute atomic E-state index is 0.0327. The summed E-state index contributed by atoms with van der Waals surface area (Å²) in [4.78, 5) is 41.1. The fourth-order valence-corrected chi connectivity index (χ4v) is 4.47. The number of ether oxygens (including phenoxy) is 2. The van der Waals surface area contributed by atoms with E-state index in [2.05, 4.69) is 27.0 Å². The van der Waals surface area contributed by atoms with Crippen LogP contribution in [0.4, 0.5) is 16.3 Å². The number of methoxy groups -OCH3 is 1. The standard InChI is InChI=1S/C31H28ClN5O7/c1-17(34-31(40)41)11-28(38)35-21-6-4-5-19(12-21)23-14-25(22-9-8-20(32)13-27(22)43-16-42-3)36-29(24(23)15-33)37-30(39)26-10-7-18(2)44-26/h4-10,12-14,17,34H,11,16H2,1-3H3,(H,35,38)(H,40,41)(H,36,37,39). The Morgan fingerprint density at radius 1 is 1.09 bits per heavy atom. The SMILES string of the molecule is COCOc1cc(Cl)ccc1-c1cc(-c2cccc(NC(=O)CC(C)NC(=O)O)c2)c(C#N)c(NC(=O)c2ccc(C)o2)n1. The van der Waals surface area contributed by atoms with E-state index in [0.717, 1.165) is 0 Å². The van der Waals surface area contributed by atoms with Crippen molar-refractivity contribution in [2.75, 3.05) is 24.5 Å². The Balaban J connectivity index is 1.80. The molecule has 0 spiro atoms. The largest absolute Gasteiger partial charge is 0.467 e. The molecule has 0 saturated heterocycles. The summed E-state index contributed by atoms with van der Waals surface area (Å²) in [7, 11) is 1.47. The summed E-state index contributed by atoms with van der Waals surface area (Å²) in [6.45, 7) is 3.20. The third-order valence-corrected chi connectivity index (χ3v) is 6.43. The fraction of sp³-hybridized carbons (Fsp3) is 0.194. The highest BCUT2D eigenvalue weighted by molar-refractivity contribution is 6.30. The molecule has 1 unspecified atom stereocenters. The third-order valence-electron chi connectivity index (χ3n) is 6.20. The molecule has 2 aromatic heterocycles. The van der Waals surface area contributed by atoms with Crippen LogP contribution in [0.2, 0.25) is 5.02 Å². The topological polar surface area (TPSA) is 176 Å². The second kappa shape index (κ2) is 14.2. The average molecular weight is 618 g/mol. The fourth-order valence-electron chi connectivity index (χ4n) is 4.31. The van der Waals surface area contributed by atoms with Gasteiger partial charge in [-0.25, -0.2) is 9.78 Å². The molecule has 4 rings (SSSR count). The third kappa shape index (κ3) is 7.91. The lowest BCUT2D eigenvalue weighted by molar-refractivity contribution is -0.116. The van der Waals surface area contributed by atoms with Crippen molar-refractivity contribution in [1.82, 2.24) is 10.3 Å². The van der Waals surface area contributed by atoms with E-state index in [4.69, 9.17) is 30.6 Å². The van der Waals surface area contributed by atoms with Crippen molar-refractivity contribution in [3.05, 3.63) is 82.8 Å². The molecule has 0 fully saturated rings. The lowest BCUT2D eigenvalue weighted by atomic mass is 9.97. The molecule has 0 saturated carbocycles. The van der Waals surface area contributed by atoms with Crippen LogP contribution in [0.3, 0.4) is 0 Å². The molecule has 44 heavy (non-hydrogen) atoms. The van der Waals surface area contributed by atoms with Gasteiger partial charge in [0, 0.05) is 41.4 Å². The normalized spacial score (nSPS) is 11.2. The number of hydrogen-bond donors (Lipinski definition) is 4. The molecule has 4 N–H and O–H groups in total. The lowest BCUT2D eigenvalue weighted by Crippen LogP contribution is -2.34. The predicted molar refractivity (Wildman–Crippen MR) is 163 cm³/mol. The number of furan rings is 1. The Labute approximate surface area is 257 Å². The molecule has 0 aliphatic heterocycles. The Morgan fingerprint density at radius 2 is 1.89 bits per heavy atom. The zero-order chi connectivity index (χ0) is 31.8. The summed E-state index contributed by atoms with van der Waals surface area (Å²) in [5.41, 5.74) is 2.23. The van der Waals surface area contributed by atoms with Crippen molar-refractivity contribution in [3.63, 3.8) is 0 Å². The lowest BCUT2D eigenvalue weighted by Gasteiger charge is -2.16. The Hall–Kier alpha value is -5.38. The molecular weight excluding hydrogens is 590 g/mol. The first-order chi connectivity index (χ1) is 21.1. The summed E-state index contributed by atoms with van der Waals surface area (Å²) in [6.07, 6.45) is -1.32. The molecule has 0 aliphatic carbocycles. The molecule has 0 aliphatic rings. The maximum atomic E-state index is 13.1. The zero-order valence-corrected chi connectivity index (χ0v) is 24.7. The number of rotatable bonds is 11. The number of aryl methyl sites for hydroxylation is 1. The van der Waals surface area contributed by atoms with E-state index in [-0.39, 0.29) is 30.4 Å². The van der Waals surface area contributed by atoms with Crippen molar-refractivity contribution in [1.29, 1.82) is 5.26 Å². The van der Waals surface area contributed by atoms with Gasteiger partial charge in [0.1, 0.15) is 23.1 Å². The Bertz CT molecular complexity index is 1750. The van der Waals surface area contributed by atoms with Gasteiger partial charge in [-0.1, -0.05) is 23.7 Å². The number of carbonyl (C=O) groups is 3. The second-order valence-corrected chi connectivity index (χ2v) is 10.1. The molecule has 226 valence electrons. The van der Waals surface area contributed by atoms with Crippen molar-refractivity contribution >= 4 is 41.0 Å². The van der Waals surface area contributed by atoms with E-state index in [0.29, 0.717) is 44.6 Å². The first-order valence-corrected chi connectivity index (χ1v) is 13.6. The van der Waals surface area contributed by atoms with Crippen LogP contribution in [0.15, 0.2) is 65.1 Å². The highest BCUT2D eigenvalue weighted by Crippen LogP contribution is 2.38. The number of carboxylic acid groups (broad SMARTS) is 1. The number of nitrogens with zero attached hydrogens (tertiary/aromatic N) is 2. The van der Waals surface area contributed by atoms with Crippen molar-refractivity contribution < 1.29 is 33.4 Å². The molecule has 0 bridgehead atoms. The smallest absolute Gasteiger partial charge is 0.404 e. The van der Waals surface area contributed by atoms with Gasteiger partial charge in [-0.2, -0.15) is 5.26 Å². The first kappa shape index (κ1) is 31.6. The molecule has 2 heterocycles. The number of amides is 3. The van der Waals surface area contributed by atoms with Crippen LogP contribution < -0.4 is 20.7 Å². The van der Waals surface area contributed by atoms with Crippen molar-refractivity contribution in [3.8, 4) is 34.2 Å². The number of benzene rings is 2. The Kier molecular flexibility index (Phi) is 10.2. The van der Waals surface area contributed by atoms with E-state index in [1.807, 2.05) is 0 Å². The van der Waals surface area contributed by atoms with E-state index in [9.17, 15) is 19.6 Å². The molecule has 12 nitrogen and oxygen atoms in total. The quantitative estimate of drug-likeness (QED) is 0.146. The van der Waals surface area contributed by atoms with E-state index < -0.39 is 23.9 Å². The number of halogens is 1.